The predicted molar refractivity (Wildman–Crippen MR) is 154 cm³/mol. The second-order valence-corrected chi connectivity index (χ2v) is 10.5. The van der Waals surface area contributed by atoms with Gasteiger partial charge in [-0.05, 0) is 51.8 Å². The number of nitrogens with one attached hydrogen (secondary N) is 1. The molecular formula is C29H41FN8O3. The Kier molecular flexibility index (Phi) is 11.0. The molecule has 41 heavy (non-hydrogen) atoms. The molecule has 5 rings (SSSR count). The molecule has 0 aliphatic carbocycles. The van der Waals surface area contributed by atoms with E-state index in [1.165, 1.54) is 12.1 Å². The van der Waals surface area contributed by atoms with E-state index < -0.39 is 0 Å². The normalized spacial score (nSPS) is 17.3. The minimum atomic E-state index is -0.171. The number of aromatic nitrogens is 4. The van der Waals surface area contributed by atoms with Gasteiger partial charge in [0.15, 0.2) is 5.82 Å². The zero-order valence-electron chi connectivity index (χ0n) is 24.4. The number of ether oxygens (including phenoxy) is 1. The van der Waals surface area contributed by atoms with Gasteiger partial charge in [0, 0.05) is 64.3 Å². The van der Waals surface area contributed by atoms with Crippen LogP contribution in [0.5, 0.6) is 0 Å². The number of anilines is 2. The number of piperidine rings is 1. The summed E-state index contributed by atoms with van der Waals surface area (Å²) in [5, 5.41) is 7.28. The fraction of sp³-hybridized carbons (Fsp3) is 0.552. The van der Waals surface area contributed by atoms with Crippen LogP contribution in [0.25, 0.3) is 0 Å². The molecule has 2 aromatic heterocycles. The highest BCUT2D eigenvalue weighted by Gasteiger charge is 2.29. The summed E-state index contributed by atoms with van der Waals surface area (Å²) < 4.78 is 23.0. The molecular weight excluding hydrogens is 527 g/mol. The monoisotopic (exact) mass is 568 g/mol. The van der Waals surface area contributed by atoms with Crippen molar-refractivity contribution in [1.29, 1.82) is 0 Å². The molecule has 2 aliphatic heterocycles. The first-order valence-electron chi connectivity index (χ1n) is 14.3. The van der Waals surface area contributed by atoms with Crippen molar-refractivity contribution in [3.05, 3.63) is 59.4 Å². The first kappa shape index (κ1) is 30.3. The minimum absolute atomic E-state index is 0.0531. The molecule has 1 N–H and O–H groups in total. The average molecular weight is 569 g/mol. The van der Waals surface area contributed by atoms with Gasteiger partial charge in [-0.15, -0.1) is 0 Å². The lowest BCUT2D eigenvalue weighted by Crippen LogP contribution is -2.45. The molecule has 11 nitrogen and oxygen atoms in total. The Labute approximate surface area is 241 Å². The van der Waals surface area contributed by atoms with Gasteiger partial charge in [0.25, 0.3) is 5.91 Å². The van der Waals surface area contributed by atoms with Gasteiger partial charge in [0.2, 0.25) is 5.95 Å². The lowest BCUT2D eigenvalue weighted by atomic mass is 10.0. The van der Waals surface area contributed by atoms with Crippen LogP contribution in [0, 0.1) is 12.7 Å². The standard InChI is InChI=1S/C22H34N8O3.C7H7F/c1-4-11-32-15-19-26-22(33-27-19)29-9-6-18(7-10-29)28(3)20(31)16-12-24-21(25-13-16)30-8-5-17(14-30)23-2;1-6-2-4-7(8)5-3-6/h12-13,17-18,23H,4-11,14-15H2,1-3H3;2-5H,1H3. The van der Waals surface area contributed by atoms with Gasteiger partial charge < -0.3 is 29.3 Å². The van der Waals surface area contributed by atoms with E-state index in [9.17, 15) is 9.18 Å². The Morgan fingerprint density at radius 3 is 2.41 bits per heavy atom. The lowest BCUT2D eigenvalue weighted by molar-refractivity contribution is 0.0707. The molecule has 2 aliphatic rings. The van der Waals surface area contributed by atoms with Crippen molar-refractivity contribution in [2.24, 2.45) is 0 Å². The minimum Gasteiger partial charge on any atom is -0.373 e. The number of carbonyl (C=O) groups is 1. The third kappa shape index (κ3) is 8.43. The number of aryl methyl sites for hydroxylation is 1. The van der Waals surface area contributed by atoms with Crippen LogP contribution >= 0.6 is 0 Å². The van der Waals surface area contributed by atoms with Crippen molar-refractivity contribution in [3.63, 3.8) is 0 Å². The summed E-state index contributed by atoms with van der Waals surface area (Å²) in [6, 6.07) is 7.51. The van der Waals surface area contributed by atoms with Gasteiger partial charge in [0.05, 0.1) is 5.56 Å². The van der Waals surface area contributed by atoms with Crippen LogP contribution in [-0.4, -0.2) is 89.9 Å². The van der Waals surface area contributed by atoms with Gasteiger partial charge in [-0.3, -0.25) is 4.79 Å². The number of carbonyl (C=O) groups excluding carboxylic acids is 1. The molecule has 1 aromatic carbocycles. The maximum atomic E-state index is 13.0. The van der Waals surface area contributed by atoms with Crippen LogP contribution in [0.2, 0.25) is 0 Å². The molecule has 222 valence electrons. The van der Waals surface area contributed by atoms with E-state index in [2.05, 4.69) is 42.1 Å². The van der Waals surface area contributed by atoms with E-state index in [0.717, 1.165) is 57.4 Å². The summed E-state index contributed by atoms with van der Waals surface area (Å²) in [5.74, 6) is 1.02. The second kappa shape index (κ2) is 14.8. The lowest BCUT2D eigenvalue weighted by Gasteiger charge is -2.35. The number of rotatable bonds is 9. The summed E-state index contributed by atoms with van der Waals surface area (Å²) in [4.78, 5) is 32.4. The van der Waals surface area contributed by atoms with Crippen LogP contribution in [-0.2, 0) is 11.3 Å². The van der Waals surface area contributed by atoms with Crippen LogP contribution < -0.4 is 15.1 Å². The van der Waals surface area contributed by atoms with Gasteiger partial charge in [-0.25, -0.2) is 14.4 Å². The first-order valence-corrected chi connectivity index (χ1v) is 14.3. The van der Waals surface area contributed by atoms with Gasteiger partial charge in [-0.1, -0.05) is 29.8 Å². The summed E-state index contributed by atoms with van der Waals surface area (Å²) in [6.07, 6.45) is 6.96. The summed E-state index contributed by atoms with van der Waals surface area (Å²) in [6.45, 7) is 8.33. The quantitative estimate of drug-likeness (QED) is 0.385. The number of hydrogen-bond donors (Lipinski definition) is 1. The molecule has 1 amide bonds. The molecule has 0 spiro atoms. The molecule has 2 saturated heterocycles. The fourth-order valence-corrected chi connectivity index (χ4v) is 4.86. The zero-order chi connectivity index (χ0) is 29.2. The van der Waals surface area contributed by atoms with Crippen LogP contribution in [0.15, 0.2) is 41.2 Å². The van der Waals surface area contributed by atoms with E-state index in [1.54, 1.807) is 29.4 Å². The molecule has 1 unspecified atom stereocenters. The van der Waals surface area contributed by atoms with E-state index >= 15 is 0 Å². The highest BCUT2D eigenvalue weighted by Crippen LogP contribution is 2.22. The van der Waals surface area contributed by atoms with Gasteiger partial charge >= 0.3 is 6.01 Å². The molecule has 12 heteroatoms. The van der Waals surface area contributed by atoms with Crippen LogP contribution in [0.1, 0.15) is 54.4 Å². The van der Waals surface area contributed by atoms with Gasteiger partial charge in [0.1, 0.15) is 12.4 Å². The Hall–Kier alpha value is -3.64. The number of nitrogens with zero attached hydrogens (tertiary/aromatic N) is 7. The topological polar surface area (TPSA) is 113 Å². The highest BCUT2D eigenvalue weighted by molar-refractivity contribution is 5.93. The van der Waals surface area contributed by atoms with Crippen molar-refractivity contribution in [2.45, 2.75) is 58.2 Å². The van der Waals surface area contributed by atoms with Crippen molar-refractivity contribution < 1.29 is 18.4 Å². The number of benzene rings is 1. The fourth-order valence-electron chi connectivity index (χ4n) is 4.86. The van der Waals surface area contributed by atoms with Crippen LogP contribution in [0.4, 0.5) is 16.4 Å². The number of amides is 1. The third-order valence-electron chi connectivity index (χ3n) is 7.42. The summed E-state index contributed by atoms with van der Waals surface area (Å²) >= 11 is 0. The smallest absolute Gasteiger partial charge is 0.324 e. The SMILES string of the molecule is CCCOCc1noc(N2CCC(N(C)C(=O)c3cnc(N4CCC(NC)C4)nc3)CC2)n1.Cc1ccc(F)cc1. The van der Waals surface area contributed by atoms with Crippen molar-refractivity contribution in [1.82, 2.24) is 30.3 Å². The maximum Gasteiger partial charge on any atom is 0.324 e. The molecule has 1 atom stereocenters. The van der Waals surface area contributed by atoms with Crippen LogP contribution in [0.3, 0.4) is 0 Å². The molecule has 3 aromatic rings. The zero-order valence-corrected chi connectivity index (χ0v) is 24.4. The van der Waals surface area contributed by atoms with E-state index in [0.29, 0.717) is 42.6 Å². The number of halogens is 1. The second-order valence-electron chi connectivity index (χ2n) is 10.5. The molecule has 2 fully saturated rings. The predicted octanol–water partition coefficient (Wildman–Crippen LogP) is 3.46. The van der Waals surface area contributed by atoms with Crippen molar-refractivity contribution in [2.75, 3.05) is 56.7 Å². The van der Waals surface area contributed by atoms with Crippen molar-refractivity contribution >= 4 is 17.9 Å². The summed E-state index contributed by atoms with van der Waals surface area (Å²) in [7, 11) is 3.82. The number of hydrogen-bond acceptors (Lipinski definition) is 10. The third-order valence-corrected chi connectivity index (χ3v) is 7.42. The first-order chi connectivity index (χ1) is 19.9. The van der Waals surface area contributed by atoms with E-state index in [1.807, 2.05) is 21.0 Å². The average Bonchev–Trinajstić information content (AvgIpc) is 3.69. The Balaban J connectivity index is 0.000000417. The Morgan fingerprint density at radius 1 is 1.12 bits per heavy atom. The highest BCUT2D eigenvalue weighted by atomic mass is 19.1. The molecule has 0 saturated carbocycles. The van der Waals surface area contributed by atoms with E-state index in [-0.39, 0.29) is 17.8 Å². The molecule has 0 radical (unpaired) electrons. The number of likely N-dealkylation sites (N-methyl/N-ethyl adjacent to an activating group) is 1. The molecule has 0 bridgehead atoms. The van der Waals surface area contributed by atoms with Gasteiger partial charge in [-0.2, -0.15) is 4.98 Å². The largest absolute Gasteiger partial charge is 0.373 e. The Morgan fingerprint density at radius 2 is 1.80 bits per heavy atom. The summed E-state index contributed by atoms with van der Waals surface area (Å²) in [5.41, 5.74) is 1.60. The Bertz CT molecular complexity index is 1190. The van der Waals surface area contributed by atoms with Crippen molar-refractivity contribution in [3.8, 4) is 0 Å². The molecule has 4 heterocycles. The van der Waals surface area contributed by atoms with E-state index in [4.69, 9.17) is 9.26 Å². The maximum absolute atomic E-state index is 13.0.